The highest BCUT2D eigenvalue weighted by Gasteiger charge is 2.03. The number of carbonyl (C=O) groups is 1. The maximum atomic E-state index is 12.9. The average molecular weight is 243 g/mol. The minimum atomic E-state index is -0.362. The molecule has 0 unspecified atom stereocenters. The van der Waals surface area contributed by atoms with Gasteiger partial charge < -0.3 is 10.5 Å². The van der Waals surface area contributed by atoms with Crippen molar-refractivity contribution in [1.29, 1.82) is 0 Å². The molecule has 0 saturated heterocycles. The Morgan fingerprint density at radius 1 is 1.50 bits per heavy atom. The Morgan fingerprint density at radius 3 is 2.88 bits per heavy atom. The van der Waals surface area contributed by atoms with Crippen LogP contribution < -0.4 is 5.73 Å². The van der Waals surface area contributed by atoms with Crippen LogP contribution in [0.2, 0.25) is 0 Å². The highest BCUT2D eigenvalue weighted by molar-refractivity contribution is 7.99. The molecule has 0 heterocycles. The summed E-state index contributed by atoms with van der Waals surface area (Å²) in [6, 6.07) is 4.33. The summed E-state index contributed by atoms with van der Waals surface area (Å²) < 4.78 is 17.7. The fourth-order valence-electron chi connectivity index (χ4n) is 1.15. The molecule has 0 aromatic heterocycles. The molecule has 0 radical (unpaired) electrons. The number of nitrogens with two attached hydrogens (primary N) is 1. The van der Waals surface area contributed by atoms with Gasteiger partial charge in [-0.15, -0.1) is 11.8 Å². The third-order valence-corrected chi connectivity index (χ3v) is 2.75. The second-order valence-electron chi connectivity index (χ2n) is 3.12. The van der Waals surface area contributed by atoms with Gasteiger partial charge in [0.25, 0.3) is 0 Å². The molecule has 0 aliphatic carbocycles. The first-order valence-corrected chi connectivity index (χ1v) is 5.95. The van der Waals surface area contributed by atoms with E-state index >= 15 is 0 Å². The molecule has 0 aliphatic heterocycles. The lowest BCUT2D eigenvalue weighted by atomic mass is 10.3. The first-order valence-electron chi connectivity index (χ1n) is 4.96. The fraction of sp³-hybridized carbons (Fsp3) is 0.364. The van der Waals surface area contributed by atoms with E-state index in [0.29, 0.717) is 24.5 Å². The number of hydrogen-bond donors (Lipinski definition) is 1. The van der Waals surface area contributed by atoms with Crippen molar-refractivity contribution < 1.29 is 13.9 Å². The molecule has 0 amide bonds. The van der Waals surface area contributed by atoms with Crippen molar-refractivity contribution in [2.45, 2.75) is 18.2 Å². The SMILES string of the molecule is CCOC(=O)CCSc1cc(N)cc(F)c1. The Hall–Kier alpha value is -1.23. The number of halogens is 1. The molecule has 0 bridgehead atoms. The molecule has 0 atom stereocenters. The molecule has 1 aromatic carbocycles. The van der Waals surface area contributed by atoms with Gasteiger partial charge in [0.2, 0.25) is 0 Å². The zero-order valence-electron chi connectivity index (χ0n) is 9.03. The number of hydrogen-bond acceptors (Lipinski definition) is 4. The van der Waals surface area contributed by atoms with E-state index in [2.05, 4.69) is 0 Å². The summed E-state index contributed by atoms with van der Waals surface area (Å²) in [5, 5.41) is 0. The second kappa shape index (κ2) is 6.37. The summed E-state index contributed by atoms with van der Waals surface area (Å²) in [4.78, 5) is 11.8. The Bertz CT molecular complexity index is 351. The molecular formula is C11H14FNO2S. The minimum Gasteiger partial charge on any atom is -0.466 e. The quantitative estimate of drug-likeness (QED) is 0.490. The first-order chi connectivity index (χ1) is 7.61. The van der Waals surface area contributed by atoms with Crippen LogP contribution >= 0.6 is 11.8 Å². The molecule has 5 heteroatoms. The Balaban J connectivity index is 2.40. The van der Waals surface area contributed by atoms with Gasteiger partial charge in [-0.25, -0.2) is 4.39 Å². The molecule has 2 N–H and O–H groups in total. The number of ether oxygens (including phenoxy) is 1. The highest BCUT2D eigenvalue weighted by Crippen LogP contribution is 2.22. The van der Waals surface area contributed by atoms with Gasteiger partial charge >= 0.3 is 5.97 Å². The van der Waals surface area contributed by atoms with Crippen LogP contribution in [0.1, 0.15) is 13.3 Å². The third kappa shape index (κ3) is 4.53. The fourth-order valence-corrected chi connectivity index (χ4v) is 2.07. The van der Waals surface area contributed by atoms with E-state index in [1.165, 1.54) is 23.9 Å². The van der Waals surface area contributed by atoms with Gasteiger partial charge in [-0.2, -0.15) is 0 Å². The normalized spacial score (nSPS) is 10.1. The molecule has 0 fully saturated rings. The minimum absolute atomic E-state index is 0.237. The van der Waals surface area contributed by atoms with E-state index < -0.39 is 0 Å². The van der Waals surface area contributed by atoms with E-state index in [9.17, 15) is 9.18 Å². The van der Waals surface area contributed by atoms with Gasteiger partial charge in [-0.1, -0.05) is 0 Å². The summed E-state index contributed by atoms with van der Waals surface area (Å²) >= 11 is 1.38. The average Bonchev–Trinajstić information content (AvgIpc) is 2.16. The van der Waals surface area contributed by atoms with Crippen LogP contribution in [-0.4, -0.2) is 18.3 Å². The molecule has 16 heavy (non-hydrogen) atoms. The molecule has 88 valence electrons. The lowest BCUT2D eigenvalue weighted by molar-refractivity contribution is -0.142. The van der Waals surface area contributed by atoms with Gasteiger partial charge in [0.1, 0.15) is 5.82 Å². The molecule has 1 rings (SSSR count). The predicted octanol–water partition coefficient (Wildman–Crippen LogP) is 2.45. The van der Waals surface area contributed by atoms with Gasteiger partial charge in [0, 0.05) is 16.3 Å². The number of benzene rings is 1. The molecule has 3 nitrogen and oxygen atoms in total. The van der Waals surface area contributed by atoms with Gasteiger partial charge in [0.05, 0.1) is 13.0 Å². The zero-order chi connectivity index (χ0) is 12.0. The van der Waals surface area contributed by atoms with Crippen LogP contribution in [-0.2, 0) is 9.53 Å². The van der Waals surface area contributed by atoms with Crippen LogP contribution in [0.3, 0.4) is 0 Å². The number of esters is 1. The van der Waals surface area contributed by atoms with Crippen molar-refractivity contribution in [3.63, 3.8) is 0 Å². The van der Waals surface area contributed by atoms with Crippen molar-refractivity contribution in [2.75, 3.05) is 18.1 Å². The summed E-state index contributed by atoms with van der Waals surface area (Å²) in [7, 11) is 0. The summed E-state index contributed by atoms with van der Waals surface area (Å²) in [6.45, 7) is 2.15. The number of thioether (sulfide) groups is 1. The smallest absolute Gasteiger partial charge is 0.306 e. The summed E-state index contributed by atoms with van der Waals surface area (Å²) in [6.07, 6.45) is 0.314. The monoisotopic (exact) mass is 243 g/mol. The van der Waals surface area contributed by atoms with Crippen molar-refractivity contribution in [2.24, 2.45) is 0 Å². The Morgan fingerprint density at radius 2 is 2.25 bits per heavy atom. The van der Waals surface area contributed by atoms with Gasteiger partial charge in [-0.05, 0) is 25.1 Å². The van der Waals surface area contributed by atoms with Crippen LogP contribution in [0.5, 0.6) is 0 Å². The molecule has 0 spiro atoms. The standard InChI is InChI=1S/C11H14FNO2S/c1-2-15-11(14)3-4-16-10-6-8(12)5-9(13)7-10/h5-7H,2-4,13H2,1H3. The second-order valence-corrected chi connectivity index (χ2v) is 4.29. The van der Waals surface area contributed by atoms with Crippen LogP contribution in [0, 0.1) is 5.82 Å². The Kier molecular flexibility index (Phi) is 5.11. The molecule has 0 aliphatic rings. The lowest BCUT2D eigenvalue weighted by Crippen LogP contribution is -2.04. The van der Waals surface area contributed by atoms with Crippen molar-refractivity contribution in [3.8, 4) is 0 Å². The van der Waals surface area contributed by atoms with Crippen LogP contribution in [0.25, 0.3) is 0 Å². The largest absolute Gasteiger partial charge is 0.466 e. The first kappa shape index (κ1) is 12.8. The maximum absolute atomic E-state index is 12.9. The molecular weight excluding hydrogens is 229 g/mol. The zero-order valence-corrected chi connectivity index (χ0v) is 9.85. The van der Waals surface area contributed by atoms with E-state index in [1.807, 2.05) is 0 Å². The summed E-state index contributed by atoms with van der Waals surface area (Å²) in [5.41, 5.74) is 5.88. The number of nitrogen functional groups attached to an aromatic ring is 1. The van der Waals surface area contributed by atoms with E-state index in [-0.39, 0.29) is 11.8 Å². The predicted molar refractivity (Wildman–Crippen MR) is 62.8 cm³/mol. The van der Waals surface area contributed by atoms with Gasteiger partial charge in [-0.3, -0.25) is 4.79 Å². The van der Waals surface area contributed by atoms with E-state index in [1.54, 1.807) is 13.0 Å². The number of carbonyl (C=O) groups excluding carboxylic acids is 1. The maximum Gasteiger partial charge on any atom is 0.306 e. The van der Waals surface area contributed by atoms with E-state index in [4.69, 9.17) is 10.5 Å². The van der Waals surface area contributed by atoms with Crippen LogP contribution in [0.4, 0.5) is 10.1 Å². The van der Waals surface area contributed by atoms with Crippen molar-refractivity contribution >= 4 is 23.4 Å². The molecule has 0 saturated carbocycles. The third-order valence-electron chi connectivity index (χ3n) is 1.77. The van der Waals surface area contributed by atoms with Gasteiger partial charge in [0.15, 0.2) is 0 Å². The highest BCUT2D eigenvalue weighted by atomic mass is 32.2. The van der Waals surface area contributed by atoms with Crippen molar-refractivity contribution in [3.05, 3.63) is 24.0 Å². The lowest BCUT2D eigenvalue weighted by Gasteiger charge is -2.03. The Labute approximate surface area is 98.2 Å². The number of anilines is 1. The number of rotatable bonds is 5. The van der Waals surface area contributed by atoms with E-state index in [0.717, 1.165) is 4.90 Å². The van der Waals surface area contributed by atoms with Crippen molar-refractivity contribution in [1.82, 2.24) is 0 Å². The topological polar surface area (TPSA) is 52.3 Å². The molecule has 1 aromatic rings. The summed E-state index contributed by atoms with van der Waals surface area (Å²) in [5.74, 6) is -0.0418. The van der Waals surface area contributed by atoms with Crippen LogP contribution in [0.15, 0.2) is 23.1 Å².